The van der Waals surface area contributed by atoms with E-state index in [0.717, 1.165) is 42.8 Å². The Morgan fingerprint density at radius 2 is 1.67 bits per heavy atom. The molecule has 1 fully saturated rings. The standard InChI is InChI=1S/C24H30N2O4/c1-3-30-24(28)20-13-15-26(16-14-20)17-22(27)25-23(18-7-5-4-6-8-18)19-9-11-21(29-2)12-10-19/h4-12,20,23H,3,13-17H2,1-2H3,(H,25,27)/t23-/m1/s1. The minimum absolute atomic E-state index is 0.0331. The van der Waals surface area contributed by atoms with Crippen molar-refractivity contribution < 1.29 is 19.1 Å². The average Bonchev–Trinajstić information content (AvgIpc) is 2.79. The monoisotopic (exact) mass is 410 g/mol. The molecule has 6 nitrogen and oxygen atoms in total. The summed E-state index contributed by atoms with van der Waals surface area (Å²) in [6, 6.07) is 17.4. The summed E-state index contributed by atoms with van der Waals surface area (Å²) in [5, 5.41) is 3.18. The maximum Gasteiger partial charge on any atom is 0.309 e. The Labute approximate surface area is 178 Å². The van der Waals surface area contributed by atoms with Gasteiger partial charge in [-0.2, -0.15) is 0 Å². The number of hydrogen-bond donors (Lipinski definition) is 1. The van der Waals surface area contributed by atoms with Gasteiger partial charge in [0.25, 0.3) is 0 Å². The molecule has 160 valence electrons. The molecule has 1 N–H and O–H groups in total. The van der Waals surface area contributed by atoms with E-state index in [2.05, 4.69) is 10.2 Å². The van der Waals surface area contributed by atoms with Crippen LogP contribution in [-0.4, -0.2) is 50.1 Å². The van der Waals surface area contributed by atoms with Gasteiger partial charge in [0.15, 0.2) is 0 Å². The van der Waals surface area contributed by atoms with Crippen molar-refractivity contribution in [2.75, 3.05) is 33.4 Å². The van der Waals surface area contributed by atoms with Gasteiger partial charge in [0.1, 0.15) is 5.75 Å². The molecular formula is C24H30N2O4. The molecule has 0 spiro atoms. The lowest BCUT2D eigenvalue weighted by atomic mass is 9.96. The summed E-state index contributed by atoms with van der Waals surface area (Å²) < 4.78 is 10.4. The molecule has 1 heterocycles. The predicted octanol–water partition coefficient (Wildman–Crippen LogP) is 3.18. The third-order valence-corrected chi connectivity index (χ3v) is 5.46. The maximum absolute atomic E-state index is 12.8. The van der Waals surface area contributed by atoms with Crippen LogP contribution in [-0.2, 0) is 14.3 Å². The number of hydrogen-bond acceptors (Lipinski definition) is 5. The Kier molecular flexibility index (Phi) is 7.85. The summed E-state index contributed by atoms with van der Waals surface area (Å²) in [6.07, 6.45) is 1.46. The SMILES string of the molecule is CCOC(=O)C1CCN(CC(=O)N[C@H](c2ccccc2)c2ccc(OC)cc2)CC1. The largest absolute Gasteiger partial charge is 0.497 e. The number of rotatable bonds is 8. The summed E-state index contributed by atoms with van der Waals surface area (Å²) in [5.41, 5.74) is 2.02. The number of amides is 1. The molecule has 0 saturated carbocycles. The third kappa shape index (κ3) is 5.83. The van der Waals surface area contributed by atoms with Crippen molar-refractivity contribution in [1.82, 2.24) is 10.2 Å². The van der Waals surface area contributed by atoms with Gasteiger partial charge in [-0.1, -0.05) is 42.5 Å². The molecule has 0 aliphatic carbocycles. The molecule has 2 aromatic carbocycles. The molecule has 30 heavy (non-hydrogen) atoms. The van der Waals surface area contributed by atoms with E-state index >= 15 is 0 Å². The number of carbonyl (C=O) groups excluding carboxylic acids is 2. The van der Waals surface area contributed by atoms with Crippen molar-refractivity contribution in [3.8, 4) is 5.75 Å². The second-order valence-corrected chi connectivity index (χ2v) is 7.49. The highest BCUT2D eigenvalue weighted by molar-refractivity contribution is 5.79. The zero-order chi connectivity index (χ0) is 21.3. The van der Waals surface area contributed by atoms with Crippen molar-refractivity contribution in [2.45, 2.75) is 25.8 Å². The lowest BCUT2D eigenvalue weighted by Gasteiger charge is -2.31. The van der Waals surface area contributed by atoms with E-state index in [1.165, 1.54) is 0 Å². The first-order chi connectivity index (χ1) is 14.6. The molecule has 1 atom stereocenters. The third-order valence-electron chi connectivity index (χ3n) is 5.46. The number of ether oxygens (including phenoxy) is 2. The molecule has 2 aromatic rings. The van der Waals surface area contributed by atoms with Gasteiger partial charge in [0, 0.05) is 0 Å². The van der Waals surface area contributed by atoms with Gasteiger partial charge in [-0.25, -0.2) is 0 Å². The zero-order valence-corrected chi connectivity index (χ0v) is 17.7. The van der Waals surface area contributed by atoms with Crippen LogP contribution in [0, 0.1) is 5.92 Å². The topological polar surface area (TPSA) is 67.9 Å². The van der Waals surface area contributed by atoms with E-state index in [9.17, 15) is 9.59 Å². The van der Waals surface area contributed by atoms with Crippen LogP contribution in [0.3, 0.4) is 0 Å². The first-order valence-electron chi connectivity index (χ1n) is 10.5. The second kappa shape index (κ2) is 10.8. The van der Waals surface area contributed by atoms with Crippen LogP contribution in [0.1, 0.15) is 36.9 Å². The molecule has 1 aliphatic heterocycles. The maximum atomic E-state index is 12.8. The highest BCUT2D eigenvalue weighted by Crippen LogP contribution is 2.24. The first kappa shape index (κ1) is 21.8. The molecule has 0 aromatic heterocycles. The molecule has 0 unspecified atom stereocenters. The van der Waals surface area contributed by atoms with Crippen LogP contribution in [0.2, 0.25) is 0 Å². The van der Waals surface area contributed by atoms with Gasteiger partial charge in [0.2, 0.25) is 5.91 Å². The average molecular weight is 411 g/mol. The number of piperidine rings is 1. The van der Waals surface area contributed by atoms with Gasteiger partial charge in [-0.3, -0.25) is 14.5 Å². The molecule has 1 aliphatic rings. The predicted molar refractivity (Wildman–Crippen MR) is 115 cm³/mol. The molecule has 1 amide bonds. The number of esters is 1. The van der Waals surface area contributed by atoms with Crippen LogP contribution in [0.4, 0.5) is 0 Å². The fourth-order valence-electron chi connectivity index (χ4n) is 3.80. The minimum atomic E-state index is -0.235. The molecule has 3 rings (SSSR count). The Morgan fingerprint density at radius 3 is 2.27 bits per heavy atom. The van der Waals surface area contributed by atoms with Crippen LogP contribution < -0.4 is 10.1 Å². The number of nitrogens with zero attached hydrogens (tertiary/aromatic N) is 1. The Balaban J connectivity index is 1.62. The second-order valence-electron chi connectivity index (χ2n) is 7.49. The van der Waals surface area contributed by atoms with Gasteiger partial charge < -0.3 is 14.8 Å². The Hall–Kier alpha value is -2.86. The summed E-state index contributed by atoms with van der Waals surface area (Å²) in [6.45, 7) is 3.98. The van der Waals surface area contributed by atoms with E-state index in [1.54, 1.807) is 7.11 Å². The normalized spacial score (nSPS) is 15.9. The fraction of sp³-hybridized carbons (Fsp3) is 0.417. The number of benzene rings is 2. The highest BCUT2D eigenvalue weighted by atomic mass is 16.5. The van der Waals surface area contributed by atoms with Gasteiger partial charge in [-0.05, 0) is 56.1 Å². The molecule has 1 saturated heterocycles. The Morgan fingerprint density at radius 1 is 1.03 bits per heavy atom. The van der Waals surface area contributed by atoms with Crippen LogP contribution in [0.25, 0.3) is 0 Å². The summed E-state index contributed by atoms with van der Waals surface area (Å²) in [5.74, 6) is 0.571. The highest BCUT2D eigenvalue weighted by Gasteiger charge is 2.27. The lowest BCUT2D eigenvalue weighted by molar-refractivity contribution is -0.149. The summed E-state index contributed by atoms with van der Waals surface area (Å²) >= 11 is 0. The van der Waals surface area contributed by atoms with Gasteiger partial charge in [0.05, 0.1) is 32.2 Å². The number of carbonyl (C=O) groups is 2. The quantitative estimate of drug-likeness (QED) is 0.677. The van der Waals surface area contributed by atoms with E-state index in [0.29, 0.717) is 13.2 Å². The fourth-order valence-corrected chi connectivity index (χ4v) is 3.80. The van der Waals surface area contributed by atoms with Gasteiger partial charge >= 0.3 is 5.97 Å². The molecule has 0 radical (unpaired) electrons. The van der Waals surface area contributed by atoms with Crippen LogP contribution in [0.5, 0.6) is 5.75 Å². The molecule has 0 bridgehead atoms. The summed E-state index contributed by atoms with van der Waals surface area (Å²) in [7, 11) is 1.64. The molecular weight excluding hydrogens is 380 g/mol. The van der Waals surface area contributed by atoms with Crippen molar-refractivity contribution >= 4 is 11.9 Å². The Bertz CT molecular complexity index is 815. The van der Waals surface area contributed by atoms with Crippen molar-refractivity contribution in [3.05, 3.63) is 65.7 Å². The van der Waals surface area contributed by atoms with E-state index in [-0.39, 0.29) is 23.8 Å². The summed E-state index contributed by atoms with van der Waals surface area (Å²) in [4.78, 5) is 26.8. The van der Waals surface area contributed by atoms with Gasteiger partial charge in [-0.15, -0.1) is 0 Å². The smallest absolute Gasteiger partial charge is 0.309 e. The van der Waals surface area contributed by atoms with E-state index in [1.807, 2.05) is 61.5 Å². The van der Waals surface area contributed by atoms with Crippen molar-refractivity contribution in [2.24, 2.45) is 5.92 Å². The number of methoxy groups -OCH3 is 1. The first-order valence-corrected chi connectivity index (χ1v) is 10.5. The van der Waals surface area contributed by atoms with Crippen molar-refractivity contribution in [1.29, 1.82) is 0 Å². The lowest BCUT2D eigenvalue weighted by Crippen LogP contribution is -2.43. The van der Waals surface area contributed by atoms with E-state index < -0.39 is 0 Å². The number of nitrogens with one attached hydrogen (secondary N) is 1. The number of likely N-dealkylation sites (tertiary alicyclic amines) is 1. The van der Waals surface area contributed by atoms with E-state index in [4.69, 9.17) is 9.47 Å². The van der Waals surface area contributed by atoms with Crippen LogP contribution in [0.15, 0.2) is 54.6 Å². The minimum Gasteiger partial charge on any atom is -0.497 e. The molecule has 6 heteroatoms. The van der Waals surface area contributed by atoms with Crippen molar-refractivity contribution in [3.63, 3.8) is 0 Å². The van der Waals surface area contributed by atoms with Crippen LogP contribution >= 0.6 is 0 Å². The zero-order valence-electron chi connectivity index (χ0n) is 17.7.